The first kappa shape index (κ1) is 15.9. The molecule has 2 aliphatic rings. The summed E-state index contributed by atoms with van der Waals surface area (Å²) in [5.41, 5.74) is 1.20. The molecule has 1 amide bonds. The maximum atomic E-state index is 12.2. The summed E-state index contributed by atoms with van der Waals surface area (Å²) in [7, 11) is 1.70. The summed E-state index contributed by atoms with van der Waals surface area (Å²) < 4.78 is 5.30. The average Bonchev–Trinajstić information content (AvgIpc) is 3.09. The number of amides is 1. The number of methoxy groups -OCH3 is 1. The minimum Gasteiger partial charge on any atom is -0.497 e. The van der Waals surface area contributed by atoms with E-state index in [0.29, 0.717) is 5.92 Å². The molecule has 4 heteroatoms. The van der Waals surface area contributed by atoms with Gasteiger partial charge in [0.05, 0.1) is 7.11 Å². The van der Waals surface area contributed by atoms with Crippen LogP contribution in [0, 0.1) is 11.8 Å². The second-order valence-corrected chi connectivity index (χ2v) is 6.53. The zero-order valence-corrected chi connectivity index (χ0v) is 13.8. The van der Waals surface area contributed by atoms with Crippen molar-refractivity contribution in [1.29, 1.82) is 0 Å². The van der Waals surface area contributed by atoms with Gasteiger partial charge in [0, 0.05) is 37.3 Å². The van der Waals surface area contributed by atoms with Crippen molar-refractivity contribution < 1.29 is 9.53 Å². The number of anilines is 1. The van der Waals surface area contributed by atoms with Crippen molar-refractivity contribution in [3.05, 3.63) is 36.4 Å². The number of carbonyl (C=O) groups is 1. The topological polar surface area (TPSA) is 41.6 Å². The number of nitrogens with zero attached hydrogens (tertiary/aromatic N) is 1. The highest BCUT2D eigenvalue weighted by Gasteiger charge is 2.25. The minimum absolute atomic E-state index is 0.177. The van der Waals surface area contributed by atoms with Crippen molar-refractivity contribution in [1.82, 2.24) is 5.32 Å². The summed E-state index contributed by atoms with van der Waals surface area (Å²) >= 11 is 0. The molecule has 0 radical (unpaired) electrons. The van der Waals surface area contributed by atoms with Crippen LogP contribution in [0.4, 0.5) is 5.69 Å². The quantitative estimate of drug-likeness (QED) is 0.850. The van der Waals surface area contributed by atoms with Crippen LogP contribution >= 0.6 is 0 Å². The molecule has 2 atom stereocenters. The highest BCUT2D eigenvalue weighted by molar-refractivity contribution is 5.79. The smallest absolute Gasteiger partial charge is 0.223 e. The molecule has 1 aromatic rings. The van der Waals surface area contributed by atoms with Crippen LogP contribution < -0.4 is 15.0 Å². The van der Waals surface area contributed by atoms with Crippen molar-refractivity contribution in [2.45, 2.75) is 25.7 Å². The summed E-state index contributed by atoms with van der Waals surface area (Å²) in [4.78, 5) is 14.6. The minimum atomic E-state index is 0.177. The van der Waals surface area contributed by atoms with Crippen molar-refractivity contribution >= 4 is 11.6 Å². The Morgan fingerprint density at radius 1 is 1.35 bits per heavy atom. The first-order valence-corrected chi connectivity index (χ1v) is 8.58. The summed E-state index contributed by atoms with van der Waals surface area (Å²) in [6, 6.07) is 8.20. The second-order valence-electron chi connectivity index (χ2n) is 6.53. The van der Waals surface area contributed by atoms with Crippen LogP contribution in [0.5, 0.6) is 5.75 Å². The Hall–Kier alpha value is -1.97. The van der Waals surface area contributed by atoms with E-state index in [1.54, 1.807) is 7.11 Å². The van der Waals surface area contributed by atoms with Gasteiger partial charge in [0.15, 0.2) is 0 Å². The van der Waals surface area contributed by atoms with Gasteiger partial charge in [-0.2, -0.15) is 0 Å². The number of benzene rings is 1. The van der Waals surface area contributed by atoms with E-state index >= 15 is 0 Å². The first-order valence-electron chi connectivity index (χ1n) is 8.58. The molecule has 1 heterocycles. The zero-order valence-electron chi connectivity index (χ0n) is 13.8. The Kier molecular flexibility index (Phi) is 5.21. The van der Waals surface area contributed by atoms with Crippen LogP contribution in [0.3, 0.4) is 0 Å². The van der Waals surface area contributed by atoms with Gasteiger partial charge in [-0.05, 0) is 43.7 Å². The lowest BCUT2D eigenvalue weighted by atomic mass is 9.93. The SMILES string of the molecule is COc1cccc(N2CC[C@@H](CNC(=O)[C@@H]3CC=CCC3)C2)c1. The lowest BCUT2D eigenvalue weighted by Crippen LogP contribution is -2.35. The molecule has 0 spiro atoms. The Bertz CT molecular complexity index is 570. The molecular formula is C19H26N2O2. The molecule has 0 unspecified atom stereocenters. The summed E-state index contributed by atoms with van der Waals surface area (Å²) in [6.07, 6.45) is 8.35. The Morgan fingerprint density at radius 2 is 2.26 bits per heavy atom. The molecule has 0 saturated carbocycles. The summed E-state index contributed by atoms with van der Waals surface area (Å²) in [5, 5.41) is 3.16. The van der Waals surface area contributed by atoms with Gasteiger partial charge < -0.3 is 15.0 Å². The number of allylic oxidation sites excluding steroid dienone is 2. The average molecular weight is 314 g/mol. The Labute approximate surface area is 138 Å². The predicted molar refractivity (Wildman–Crippen MR) is 92.8 cm³/mol. The third-order valence-electron chi connectivity index (χ3n) is 4.91. The fourth-order valence-corrected chi connectivity index (χ4v) is 3.46. The van der Waals surface area contributed by atoms with E-state index in [4.69, 9.17) is 4.74 Å². The third kappa shape index (κ3) is 4.06. The molecule has 3 rings (SSSR count). The van der Waals surface area contributed by atoms with E-state index in [1.807, 2.05) is 12.1 Å². The van der Waals surface area contributed by atoms with Gasteiger partial charge in [-0.3, -0.25) is 4.79 Å². The van der Waals surface area contributed by atoms with E-state index in [0.717, 1.165) is 51.1 Å². The monoisotopic (exact) mass is 314 g/mol. The van der Waals surface area contributed by atoms with Crippen LogP contribution in [-0.4, -0.2) is 32.7 Å². The molecule has 1 saturated heterocycles. The number of ether oxygens (including phenoxy) is 1. The molecule has 1 fully saturated rings. The number of hydrogen-bond acceptors (Lipinski definition) is 3. The molecule has 23 heavy (non-hydrogen) atoms. The standard InChI is InChI=1S/C19H26N2O2/c1-23-18-9-5-8-17(12-18)21-11-10-15(14-21)13-20-19(22)16-6-3-2-4-7-16/h2-3,5,8-9,12,15-16H,4,6-7,10-11,13-14H2,1H3,(H,20,22)/t15-,16+/m0/s1. The largest absolute Gasteiger partial charge is 0.497 e. The first-order chi connectivity index (χ1) is 11.3. The molecule has 1 aliphatic heterocycles. The Morgan fingerprint density at radius 3 is 3.04 bits per heavy atom. The maximum Gasteiger partial charge on any atom is 0.223 e. The molecule has 1 aliphatic carbocycles. The van der Waals surface area contributed by atoms with Crippen molar-refractivity contribution in [3.8, 4) is 5.75 Å². The number of hydrogen-bond donors (Lipinski definition) is 1. The predicted octanol–water partition coefficient (Wildman–Crippen LogP) is 2.99. The number of carbonyl (C=O) groups excluding carboxylic acids is 1. The number of rotatable bonds is 5. The van der Waals surface area contributed by atoms with E-state index in [9.17, 15) is 4.79 Å². The molecule has 4 nitrogen and oxygen atoms in total. The molecule has 1 aromatic carbocycles. The van der Waals surface area contributed by atoms with Gasteiger partial charge in [-0.25, -0.2) is 0 Å². The second kappa shape index (κ2) is 7.53. The van der Waals surface area contributed by atoms with Crippen molar-refractivity contribution in [2.75, 3.05) is 31.6 Å². The summed E-state index contributed by atoms with van der Waals surface area (Å²) in [5.74, 6) is 1.83. The highest BCUT2D eigenvalue weighted by atomic mass is 16.5. The van der Waals surface area contributed by atoms with Gasteiger partial charge in [0.1, 0.15) is 5.75 Å². The van der Waals surface area contributed by atoms with E-state index < -0.39 is 0 Å². The van der Waals surface area contributed by atoms with Crippen LogP contribution in [-0.2, 0) is 4.79 Å². The van der Waals surface area contributed by atoms with Crippen molar-refractivity contribution in [3.63, 3.8) is 0 Å². The van der Waals surface area contributed by atoms with Crippen LogP contribution in [0.25, 0.3) is 0 Å². The van der Waals surface area contributed by atoms with Gasteiger partial charge in [0.25, 0.3) is 0 Å². The Balaban J connectivity index is 1.48. The van der Waals surface area contributed by atoms with Crippen LogP contribution in [0.15, 0.2) is 36.4 Å². The summed E-state index contributed by atoms with van der Waals surface area (Å²) in [6.45, 7) is 2.83. The van der Waals surface area contributed by atoms with Crippen molar-refractivity contribution in [2.24, 2.45) is 11.8 Å². The maximum absolute atomic E-state index is 12.2. The highest BCUT2D eigenvalue weighted by Crippen LogP contribution is 2.26. The lowest BCUT2D eigenvalue weighted by molar-refractivity contribution is -0.125. The van der Waals surface area contributed by atoms with Gasteiger partial charge >= 0.3 is 0 Å². The van der Waals surface area contributed by atoms with E-state index in [-0.39, 0.29) is 11.8 Å². The normalized spacial score (nSPS) is 23.8. The van der Waals surface area contributed by atoms with Gasteiger partial charge in [0.2, 0.25) is 5.91 Å². The molecule has 0 bridgehead atoms. The van der Waals surface area contributed by atoms with Crippen LogP contribution in [0.1, 0.15) is 25.7 Å². The lowest BCUT2D eigenvalue weighted by Gasteiger charge is -2.21. The molecule has 1 N–H and O–H groups in total. The molecule has 124 valence electrons. The van der Waals surface area contributed by atoms with Crippen LogP contribution in [0.2, 0.25) is 0 Å². The molecule has 0 aromatic heterocycles. The molecular weight excluding hydrogens is 288 g/mol. The van der Waals surface area contributed by atoms with E-state index in [2.05, 4.69) is 34.5 Å². The number of nitrogens with one attached hydrogen (secondary N) is 1. The fourth-order valence-electron chi connectivity index (χ4n) is 3.46. The van der Waals surface area contributed by atoms with E-state index in [1.165, 1.54) is 5.69 Å². The fraction of sp³-hybridized carbons (Fsp3) is 0.526. The zero-order chi connectivity index (χ0) is 16.1. The van der Waals surface area contributed by atoms with Gasteiger partial charge in [-0.15, -0.1) is 0 Å². The van der Waals surface area contributed by atoms with Gasteiger partial charge in [-0.1, -0.05) is 18.2 Å². The third-order valence-corrected chi connectivity index (χ3v) is 4.91.